The Balaban J connectivity index is 2.20. The first kappa shape index (κ1) is 17.1. The fourth-order valence-electron chi connectivity index (χ4n) is 1.95. The smallest absolute Gasteiger partial charge is 0.345 e. The van der Waals surface area contributed by atoms with Crippen LogP contribution in [0.2, 0.25) is 5.02 Å². The molecule has 0 saturated heterocycles. The van der Waals surface area contributed by atoms with E-state index < -0.39 is 34.9 Å². The molecule has 1 amide bonds. The molecule has 0 aliphatic carbocycles. The average Bonchev–Trinajstić information content (AvgIpc) is 2.45. The van der Waals surface area contributed by atoms with Gasteiger partial charge in [0, 0.05) is 5.02 Å². The maximum absolute atomic E-state index is 12.5. The van der Waals surface area contributed by atoms with Crippen molar-refractivity contribution in [3.05, 3.63) is 68.6 Å². The van der Waals surface area contributed by atoms with Crippen LogP contribution in [0.25, 0.3) is 0 Å². The number of H-pyrrole nitrogens is 1. The number of rotatable bonds is 3. The molecule has 1 heterocycles. The van der Waals surface area contributed by atoms with Crippen LogP contribution in [-0.4, -0.2) is 10.9 Å². The van der Waals surface area contributed by atoms with E-state index in [1.807, 2.05) is 0 Å². The number of aromatic nitrogens is 1. The Morgan fingerprint density at radius 2 is 1.96 bits per heavy atom. The SMILES string of the molecule is C[C@H](NC(=O)c1ccc(C(F)(F)F)[nH]c1=O)c1cccc(Cl)c1. The van der Waals surface area contributed by atoms with Crippen molar-refractivity contribution in [3.8, 4) is 0 Å². The van der Waals surface area contributed by atoms with Gasteiger partial charge in [-0.3, -0.25) is 9.59 Å². The van der Waals surface area contributed by atoms with Crippen LogP contribution in [0.1, 0.15) is 34.6 Å². The van der Waals surface area contributed by atoms with Crippen LogP contribution in [-0.2, 0) is 6.18 Å². The minimum absolute atomic E-state index is 0.396. The number of alkyl halides is 3. The van der Waals surface area contributed by atoms with E-state index in [1.165, 1.54) is 0 Å². The van der Waals surface area contributed by atoms with Gasteiger partial charge in [0.25, 0.3) is 11.5 Å². The molecule has 2 rings (SSSR count). The number of hydrogen-bond acceptors (Lipinski definition) is 2. The number of carbonyl (C=O) groups excluding carboxylic acids is 1. The van der Waals surface area contributed by atoms with E-state index in [0.717, 1.165) is 6.07 Å². The minimum atomic E-state index is -4.68. The van der Waals surface area contributed by atoms with Gasteiger partial charge in [0.05, 0.1) is 6.04 Å². The fraction of sp³-hybridized carbons (Fsp3) is 0.200. The first-order valence-electron chi connectivity index (χ1n) is 6.55. The summed E-state index contributed by atoms with van der Waals surface area (Å²) in [6.07, 6.45) is -4.68. The summed E-state index contributed by atoms with van der Waals surface area (Å²) in [5.41, 5.74) is -2.00. The largest absolute Gasteiger partial charge is 0.431 e. The van der Waals surface area contributed by atoms with Gasteiger partial charge in [-0.05, 0) is 36.8 Å². The summed E-state index contributed by atoms with van der Waals surface area (Å²) in [7, 11) is 0. The molecule has 0 aliphatic rings. The highest BCUT2D eigenvalue weighted by Crippen LogP contribution is 2.26. The van der Waals surface area contributed by atoms with Crippen LogP contribution in [0.4, 0.5) is 13.2 Å². The molecule has 1 aromatic carbocycles. The first-order valence-corrected chi connectivity index (χ1v) is 6.93. The molecule has 2 N–H and O–H groups in total. The lowest BCUT2D eigenvalue weighted by Crippen LogP contribution is -2.32. The molecule has 0 radical (unpaired) electrons. The molecule has 0 fully saturated rings. The second-order valence-electron chi connectivity index (χ2n) is 4.86. The van der Waals surface area contributed by atoms with Crippen molar-refractivity contribution in [2.24, 2.45) is 0 Å². The molecule has 0 saturated carbocycles. The highest BCUT2D eigenvalue weighted by atomic mass is 35.5. The van der Waals surface area contributed by atoms with Gasteiger partial charge in [-0.15, -0.1) is 0 Å². The van der Waals surface area contributed by atoms with Crippen LogP contribution in [0, 0.1) is 0 Å². The molecule has 0 aliphatic heterocycles. The zero-order valence-electron chi connectivity index (χ0n) is 11.9. The summed E-state index contributed by atoms with van der Waals surface area (Å²) in [6.45, 7) is 1.67. The fourth-order valence-corrected chi connectivity index (χ4v) is 2.15. The maximum Gasteiger partial charge on any atom is 0.431 e. The van der Waals surface area contributed by atoms with Gasteiger partial charge in [-0.2, -0.15) is 13.2 Å². The topological polar surface area (TPSA) is 62.0 Å². The normalized spacial score (nSPS) is 12.7. The Kier molecular flexibility index (Phi) is 4.79. The van der Waals surface area contributed by atoms with Gasteiger partial charge >= 0.3 is 6.18 Å². The lowest BCUT2D eigenvalue weighted by atomic mass is 10.1. The summed E-state index contributed by atoms with van der Waals surface area (Å²) in [6, 6.07) is 7.77. The number of hydrogen-bond donors (Lipinski definition) is 2. The van der Waals surface area contributed by atoms with E-state index in [9.17, 15) is 22.8 Å². The van der Waals surface area contributed by atoms with Crippen molar-refractivity contribution in [2.45, 2.75) is 19.1 Å². The summed E-state index contributed by atoms with van der Waals surface area (Å²) in [5, 5.41) is 3.02. The number of halogens is 4. The molecule has 4 nitrogen and oxygen atoms in total. The Hall–Kier alpha value is -2.28. The molecule has 2 aromatic rings. The second kappa shape index (κ2) is 6.45. The standard InChI is InChI=1S/C15H12ClF3N2O2/c1-8(9-3-2-4-10(16)7-9)20-13(22)11-5-6-12(15(17,18)19)21-14(11)23/h2-8H,1H3,(H,20,22)(H,21,23)/t8-/m0/s1. The Bertz CT molecular complexity index is 787. The number of carbonyl (C=O) groups is 1. The van der Waals surface area contributed by atoms with E-state index in [1.54, 1.807) is 36.2 Å². The zero-order chi connectivity index (χ0) is 17.2. The van der Waals surface area contributed by atoms with Crippen LogP contribution < -0.4 is 10.9 Å². The van der Waals surface area contributed by atoms with Crippen molar-refractivity contribution < 1.29 is 18.0 Å². The van der Waals surface area contributed by atoms with E-state index in [4.69, 9.17) is 11.6 Å². The van der Waals surface area contributed by atoms with Crippen LogP contribution >= 0.6 is 11.6 Å². The van der Waals surface area contributed by atoms with Crippen molar-refractivity contribution in [2.75, 3.05) is 0 Å². The molecule has 0 unspecified atom stereocenters. The lowest BCUT2D eigenvalue weighted by molar-refractivity contribution is -0.141. The third-order valence-electron chi connectivity index (χ3n) is 3.16. The van der Waals surface area contributed by atoms with Gasteiger partial charge in [0.1, 0.15) is 11.3 Å². The third kappa shape index (κ3) is 4.13. The predicted molar refractivity (Wildman–Crippen MR) is 79.4 cm³/mol. The van der Waals surface area contributed by atoms with Crippen LogP contribution in [0.15, 0.2) is 41.2 Å². The Morgan fingerprint density at radius 1 is 1.26 bits per heavy atom. The van der Waals surface area contributed by atoms with Gasteiger partial charge < -0.3 is 10.3 Å². The van der Waals surface area contributed by atoms with E-state index in [2.05, 4.69) is 5.32 Å². The van der Waals surface area contributed by atoms with E-state index in [0.29, 0.717) is 16.7 Å². The number of nitrogens with one attached hydrogen (secondary N) is 2. The van der Waals surface area contributed by atoms with Gasteiger partial charge in [0.15, 0.2) is 0 Å². The number of aromatic amines is 1. The minimum Gasteiger partial charge on any atom is -0.345 e. The van der Waals surface area contributed by atoms with Crippen molar-refractivity contribution in [1.82, 2.24) is 10.3 Å². The molecular formula is C15H12ClF3N2O2. The molecule has 0 spiro atoms. The number of benzene rings is 1. The monoisotopic (exact) mass is 344 g/mol. The predicted octanol–water partition coefficient (Wildman–Crippen LogP) is 3.54. The Labute approximate surface area is 134 Å². The van der Waals surface area contributed by atoms with E-state index >= 15 is 0 Å². The molecular weight excluding hydrogens is 333 g/mol. The quantitative estimate of drug-likeness (QED) is 0.894. The van der Waals surface area contributed by atoms with Gasteiger partial charge in [0.2, 0.25) is 0 Å². The third-order valence-corrected chi connectivity index (χ3v) is 3.39. The molecule has 23 heavy (non-hydrogen) atoms. The van der Waals surface area contributed by atoms with Crippen molar-refractivity contribution in [3.63, 3.8) is 0 Å². The van der Waals surface area contributed by atoms with Gasteiger partial charge in [-0.1, -0.05) is 23.7 Å². The highest BCUT2D eigenvalue weighted by molar-refractivity contribution is 6.30. The Morgan fingerprint density at radius 3 is 2.52 bits per heavy atom. The number of amides is 1. The summed E-state index contributed by atoms with van der Waals surface area (Å²) in [4.78, 5) is 25.4. The molecule has 1 aromatic heterocycles. The molecule has 8 heteroatoms. The molecule has 1 atom stereocenters. The summed E-state index contributed by atoms with van der Waals surface area (Å²) >= 11 is 5.85. The zero-order valence-corrected chi connectivity index (χ0v) is 12.6. The van der Waals surface area contributed by atoms with Crippen molar-refractivity contribution in [1.29, 1.82) is 0 Å². The lowest BCUT2D eigenvalue weighted by Gasteiger charge is -2.14. The van der Waals surface area contributed by atoms with Crippen LogP contribution in [0.3, 0.4) is 0 Å². The van der Waals surface area contributed by atoms with Gasteiger partial charge in [-0.25, -0.2) is 0 Å². The summed E-state index contributed by atoms with van der Waals surface area (Å²) < 4.78 is 37.5. The molecule has 122 valence electrons. The second-order valence-corrected chi connectivity index (χ2v) is 5.30. The average molecular weight is 345 g/mol. The van der Waals surface area contributed by atoms with Crippen molar-refractivity contribution >= 4 is 17.5 Å². The summed E-state index contributed by atoms with van der Waals surface area (Å²) in [5.74, 6) is -0.771. The molecule has 0 bridgehead atoms. The maximum atomic E-state index is 12.5. The van der Waals surface area contributed by atoms with E-state index in [-0.39, 0.29) is 0 Å². The highest BCUT2D eigenvalue weighted by Gasteiger charge is 2.32. The van der Waals surface area contributed by atoms with Crippen LogP contribution in [0.5, 0.6) is 0 Å². The first-order chi connectivity index (χ1) is 10.7. The number of pyridine rings is 1.